The smallest absolute Gasteiger partial charge is 0.410 e. The standard InChI is InChI=1S/C16H21FN2O5S/c1-25(22,23)8-7-15(20)18-14-10-19(9-13(14)17)16(21)24-11-12-5-3-2-4-6-12/h2-6,13-14H,7-11H2,1H3,(H,18,20). The summed E-state index contributed by atoms with van der Waals surface area (Å²) in [5, 5.41) is 2.43. The van der Waals surface area contributed by atoms with Crippen LogP contribution in [0.4, 0.5) is 9.18 Å². The second-order valence-electron chi connectivity index (χ2n) is 6.02. The Morgan fingerprint density at radius 2 is 1.96 bits per heavy atom. The lowest BCUT2D eigenvalue weighted by Gasteiger charge is -2.16. The highest BCUT2D eigenvalue weighted by atomic mass is 32.2. The molecule has 0 aliphatic carbocycles. The molecule has 0 spiro atoms. The summed E-state index contributed by atoms with van der Waals surface area (Å²) in [7, 11) is -3.26. The number of nitrogens with zero attached hydrogens (tertiary/aromatic N) is 1. The Morgan fingerprint density at radius 1 is 1.28 bits per heavy atom. The van der Waals surface area contributed by atoms with Crippen LogP contribution in [-0.4, -0.2) is 62.6 Å². The van der Waals surface area contributed by atoms with E-state index in [2.05, 4.69) is 5.32 Å². The molecule has 0 bridgehead atoms. The number of alkyl halides is 1. The zero-order valence-corrected chi connectivity index (χ0v) is 14.7. The van der Waals surface area contributed by atoms with E-state index in [0.717, 1.165) is 11.8 Å². The maximum atomic E-state index is 14.0. The summed E-state index contributed by atoms with van der Waals surface area (Å²) >= 11 is 0. The van der Waals surface area contributed by atoms with Crippen molar-refractivity contribution in [3.63, 3.8) is 0 Å². The molecule has 25 heavy (non-hydrogen) atoms. The highest BCUT2D eigenvalue weighted by molar-refractivity contribution is 7.90. The fraction of sp³-hybridized carbons (Fsp3) is 0.500. The number of carbonyl (C=O) groups is 2. The van der Waals surface area contributed by atoms with Crippen molar-refractivity contribution in [2.75, 3.05) is 25.1 Å². The van der Waals surface area contributed by atoms with Crippen molar-refractivity contribution in [3.8, 4) is 0 Å². The molecule has 138 valence electrons. The van der Waals surface area contributed by atoms with E-state index in [9.17, 15) is 22.4 Å². The molecule has 1 saturated heterocycles. The summed E-state index contributed by atoms with van der Waals surface area (Å²) in [6, 6.07) is 8.23. The number of carbonyl (C=O) groups excluding carboxylic acids is 2. The summed E-state index contributed by atoms with van der Waals surface area (Å²) in [4.78, 5) is 24.9. The van der Waals surface area contributed by atoms with Crippen molar-refractivity contribution in [1.82, 2.24) is 10.2 Å². The van der Waals surface area contributed by atoms with Gasteiger partial charge in [-0.2, -0.15) is 0 Å². The molecule has 0 radical (unpaired) electrons. The molecule has 2 unspecified atom stereocenters. The average Bonchev–Trinajstić information content (AvgIpc) is 2.92. The molecule has 1 fully saturated rings. The van der Waals surface area contributed by atoms with E-state index in [1.807, 2.05) is 18.2 Å². The van der Waals surface area contributed by atoms with Gasteiger partial charge in [-0.3, -0.25) is 4.79 Å². The molecule has 1 aliphatic rings. The predicted octanol–water partition coefficient (Wildman–Crippen LogP) is 0.896. The molecule has 1 aromatic rings. The van der Waals surface area contributed by atoms with Gasteiger partial charge in [-0.25, -0.2) is 17.6 Å². The number of hydrogen-bond acceptors (Lipinski definition) is 5. The summed E-state index contributed by atoms with van der Waals surface area (Å²) in [5.41, 5.74) is 0.817. The third-order valence-electron chi connectivity index (χ3n) is 3.76. The SMILES string of the molecule is CS(=O)(=O)CCC(=O)NC1CN(C(=O)OCc2ccccc2)CC1F. The van der Waals surface area contributed by atoms with E-state index in [0.29, 0.717) is 0 Å². The molecule has 2 atom stereocenters. The van der Waals surface area contributed by atoms with Crippen LogP contribution in [0.15, 0.2) is 30.3 Å². The maximum Gasteiger partial charge on any atom is 0.410 e. The van der Waals surface area contributed by atoms with Gasteiger partial charge in [0.05, 0.1) is 18.3 Å². The monoisotopic (exact) mass is 372 g/mol. The van der Waals surface area contributed by atoms with Gasteiger partial charge in [0, 0.05) is 19.2 Å². The molecule has 1 N–H and O–H groups in total. The highest BCUT2D eigenvalue weighted by Crippen LogP contribution is 2.15. The summed E-state index contributed by atoms with van der Waals surface area (Å²) in [6.07, 6.45) is -1.29. The molecule has 1 heterocycles. The Bertz CT molecular complexity index is 710. The van der Waals surface area contributed by atoms with Crippen LogP contribution < -0.4 is 5.32 Å². The fourth-order valence-electron chi connectivity index (χ4n) is 2.42. The Morgan fingerprint density at radius 3 is 2.60 bits per heavy atom. The molecular weight excluding hydrogens is 351 g/mol. The summed E-state index contributed by atoms with van der Waals surface area (Å²) in [5.74, 6) is -0.858. The number of benzene rings is 1. The Balaban J connectivity index is 1.79. The first-order valence-electron chi connectivity index (χ1n) is 7.81. The lowest BCUT2D eigenvalue weighted by atomic mass is 10.2. The second kappa shape index (κ2) is 8.28. The zero-order valence-electron chi connectivity index (χ0n) is 13.9. The normalized spacial score (nSPS) is 20.3. The number of rotatable bonds is 6. The lowest BCUT2D eigenvalue weighted by molar-refractivity contribution is -0.121. The van der Waals surface area contributed by atoms with E-state index in [4.69, 9.17) is 4.74 Å². The van der Waals surface area contributed by atoms with Crippen molar-refractivity contribution >= 4 is 21.8 Å². The van der Waals surface area contributed by atoms with E-state index >= 15 is 0 Å². The molecular formula is C16H21FN2O5S. The van der Waals surface area contributed by atoms with Crippen molar-refractivity contribution in [1.29, 1.82) is 0 Å². The molecule has 1 aromatic carbocycles. The number of likely N-dealkylation sites (tertiary alicyclic amines) is 1. The minimum absolute atomic E-state index is 0.0145. The zero-order chi connectivity index (χ0) is 18.4. The van der Waals surface area contributed by atoms with Crippen LogP contribution in [-0.2, 0) is 26.0 Å². The molecule has 0 saturated carbocycles. The molecule has 1 aliphatic heterocycles. The topological polar surface area (TPSA) is 92.8 Å². The van der Waals surface area contributed by atoms with Crippen LogP contribution in [0.1, 0.15) is 12.0 Å². The van der Waals surface area contributed by atoms with Crippen LogP contribution in [0.2, 0.25) is 0 Å². The number of hydrogen-bond donors (Lipinski definition) is 1. The number of amides is 2. The first kappa shape index (κ1) is 19.2. The second-order valence-corrected chi connectivity index (χ2v) is 8.27. The summed E-state index contributed by atoms with van der Waals surface area (Å²) in [6.45, 7) is -0.109. The Kier molecular flexibility index (Phi) is 6.35. The average molecular weight is 372 g/mol. The van der Waals surface area contributed by atoms with Crippen LogP contribution in [0, 0.1) is 0 Å². The van der Waals surface area contributed by atoms with E-state index < -0.39 is 34.1 Å². The van der Waals surface area contributed by atoms with Gasteiger partial charge in [0.1, 0.15) is 22.6 Å². The van der Waals surface area contributed by atoms with Crippen LogP contribution >= 0.6 is 0 Å². The van der Waals surface area contributed by atoms with Gasteiger partial charge < -0.3 is 15.0 Å². The van der Waals surface area contributed by atoms with Crippen LogP contribution in [0.3, 0.4) is 0 Å². The number of sulfone groups is 1. The van der Waals surface area contributed by atoms with Gasteiger partial charge in [-0.1, -0.05) is 30.3 Å². The molecule has 9 heteroatoms. The van der Waals surface area contributed by atoms with Crippen molar-refractivity contribution in [3.05, 3.63) is 35.9 Å². The first-order valence-corrected chi connectivity index (χ1v) is 9.87. The highest BCUT2D eigenvalue weighted by Gasteiger charge is 2.37. The largest absolute Gasteiger partial charge is 0.445 e. The van der Waals surface area contributed by atoms with Crippen molar-refractivity contribution < 1.29 is 27.1 Å². The van der Waals surface area contributed by atoms with Gasteiger partial charge in [-0.15, -0.1) is 0 Å². The van der Waals surface area contributed by atoms with Crippen LogP contribution in [0.25, 0.3) is 0 Å². The molecule has 2 rings (SSSR count). The Hall–Kier alpha value is -2.16. The van der Waals surface area contributed by atoms with Gasteiger partial charge in [0.25, 0.3) is 0 Å². The Labute approximate surface area is 146 Å². The van der Waals surface area contributed by atoms with E-state index in [-0.39, 0.29) is 31.9 Å². The van der Waals surface area contributed by atoms with Crippen LogP contribution in [0.5, 0.6) is 0 Å². The minimum Gasteiger partial charge on any atom is -0.445 e. The number of ether oxygens (including phenoxy) is 1. The van der Waals surface area contributed by atoms with Crippen molar-refractivity contribution in [2.45, 2.75) is 25.2 Å². The predicted molar refractivity (Wildman–Crippen MR) is 89.4 cm³/mol. The van der Waals surface area contributed by atoms with Crippen molar-refractivity contribution in [2.24, 2.45) is 0 Å². The first-order chi connectivity index (χ1) is 11.7. The minimum atomic E-state index is -3.26. The van der Waals surface area contributed by atoms with Gasteiger partial charge in [-0.05, 0) is 5.56 Å². The molecule has 0 aromatic heterocycles. The van der Waals surface area contributed by atoms with E-state index in [1.165, 1.54) is 4.90 Å². The van der Waals surface area contributed by atoms with Gasteiger partial charge in [0.2, 0.25) is 5.91 Å². The maximum absolute atomic E-state index is 14.0. The lowest BCUT2D eigenvalue weighted by Crippen LogP contribution is -2.42. The summed E-state index contributed by atoms with van der Waals surface area (Å²) < 4.78 is 41.2. The number of halogens is 1. The van der Waals surface area contributed by atoms with E-state index in [1.54, 1.807) is 12.1 Å². The quantitative estimate of drug-likeness (QED) is 0.801. The number of nitrogens with one attached hydrogen (secondary N) is 1. The molecule has 2 amide bonds. The third-order valence-corrected chi connectivity index (χ3v) is 4.70. The fourth-order valence-corrected chi connectivity index (χ4v) is 2.97. The van der Waals surface area contributed by atoms with Gasteiger partial charge in [0.15, 0.2) is 0 Å². The van der Waals surface area contributed by atoms with Gasteiger partial charge >= 0.3 is 6.09 Å². The molecule has 7 nitrogen and oxygen atoms in total. The third kappa shape index (κ3) is 6.33.